The highest BCUT2D eigenvalue weighted by molar-refractivity contribution is 5.17. The minimum absolute atomic E-state index is 0.330. The van der Waals surface area contributed by atoms with Crippen molar-refractivity contribution in [1.82, 2.24) is 0 Å². The number of hydrogen-bond donors (Lipinski definition) is 0. The first-order valence-electron chi connectivity index (χ1n) is 8.12. The van der Waals surface area contributed by atoms with Gasteiger partial charge in [0.25, 0.3) is 0 Å². The van der Waals surface area contributed by atoms with Crippen molar-refractivity contribution < 1.29 is 4.39 Å². The van der Waals surface area contributed by atoms with Crippen LogP contribution in [0.25, 0.3) is 0 Å². The van der Waals surface area contributed by atoms with Gasteiger partial charge in [-0.1, -0.05) is 40.3 Å². The van der Waals surface area contributed by atoms with Crippen LogP contribution in [0.4, 0.5) is 4.39 Å². The van der Waals surface area contributed by atoms with Crippen molar-refractivity contribution >= 4 is 0 Å². The van der Waals surface area contributed by atoms with E-state index in [2.05, 4.69) is 20.1 Å². The number of allylic oxidation sites excluding steroid dienone is 2. The predicted octanol–water partition coefficient (Wildman–Crippen LogP) is 6.29. The summed E-state index contributed by atoms with van der Waals surface area (Å²) in [7, 11) is 0. The van der Waals surface area contributed by atoms with Crippen LogP contribution in [0.5, 0.6) is 0 Å². The number of halogens is 1. The van der Waals surface area contributed by atoms with Crippen LogP contribution < -0.4 is 0 Å². The summed E-state index contributed by atoms with van der Waals surface area (Å²) < 4.78 is 12.8. The average Bonchev–Trinajstić information content (AvgIpc) is 2.97. The van der Waals surface area contributed by atoms with Crippen molar-refractivity contribution in [3.63, 3.8) is 0 Å². The molecular formula is C18H31F. The van der Waals surface area contributed by atoms with Gasteiger partial charge in [-0.15, -0.1) is 0 Å². The lowest BCUT2D eigenvalue weighted by Crippen LogP contribution is -2.10. The maximum atomic E-state index is 12.8. The Hall–Kier alpha value is -0.590. The number of rotatable bonds is 5. The van der Waals surface area contributed by atoms with E-state index in [0.29, 0.717) is 5.57 Å². The second-order valence-electron chi connectivity index (χ2n) is 6.13. The second-order valence-corrected chi connectivity index (χ2v) is 6.13. The maximum Gasteiger partial charge on any atom is 0.118 e. The predicted molar refractivity (Wildman–Crippen MR) is 82.7 cm³/mol. The third kappa shape index (κ3) is 4.19. The van der Waals surface area contributed by atoms with Gasteiger partial charge in [-0.25, -0.2) is 4.39 Å². The molecule has 2 aliphatic rings. The van der Waals surface area contributed by atoms with E-state index >= 15 is 0 Å². The fourth-order valence-corrected chi connectivity index (χ4v) is 4.18. The van der Waals surface area contributed by atoms with E-state index in [0.717, 1.165) is 36.5 Å². The van der Waals surface area contributed by atoms with Gasteiger partial charge in [-0.05, 0) is 67.8 Å². The van der Waals surface area contributed by atoms with Gasteiger partial charge >= 0.3 is 0 Å². The molecule has 2 aliphatic carbocycles. The molecule has 2 rings (SSSR count). The summed E-state index contributed by atoms with van der Waals surface area (Å²) in [5.74, 6) is 3.47. The molecule has 0 aromatic carbocycles. The smallest absolute Gasteiger partial charge is 0.118 e. The fraction of sp³-hybridized carbons (Fsp3) is 0.778. The highest BCUT2D eigenvalue weighted by atomic mass is 19.1. The molecule has 0 amide bonds. The van der Waals surface area contributed by atoms with Gasteiger partial charge in [0.05, 0.1) is 0 Å². The van der Waals surface area contributed by atoms with Gasteiger partial charge in [-0.2, -0.15) is 0 Å². The van der Waals surface area contributed by atoms with Crippen molar-refractivity contribution in [3.05, 3.63) is 24.6 Å². The van der Waals surface area contributed by atoms with Crippen molar-refractivity contribution in [2.75, 3.05) is 0 Å². The Morgan fingerprint density at radius 1 is 1.16 bits per heavy atom. The first-order valence-corrected chi connectivity index (χ1v) is 8.12. The third-order valence-electron chi connectivity index (χ3n) is 5.07. The normalized spacial score (nSPS) is 32.4. The van der Waals surface area contributed by atoms with Crippen molar-refractivity contribution in [1.29, 1.82) is 0 Å². The fourth-order valence-electron chi connectivity index (χ4n) is 4.18. The molecule has 4 unspecified atom stereocenters. The van der Waals surface area contributed by atoms with Crippen molar-refractivity contribution in [2.24, 2.45) is 23.7 Å². The van der Waals surface area contributed by atoms with E-state index in [1.807, 2.05) is 13.8 Å². The Bertz CT molecular complexity index is 305. The van der Waals surface area contributed by atoms with Gasteiger partial charge < -0.3 is 0 Å². The minimum atomic E-state index is -0.330. The zero-order valence-electron chi connectivity index (χ0n) is 13.1. The highest BCUT2D eigenvalue weighted by Crippen LogP contribution is 2.52. The molecule has 0 aliphatic heterocycles. The van der Waals surface area contributed by atoms with Crippen LogP contribution in [-0.2, 0) is 0 Å². The maximum absolute atomic E-state index is 12.8. The molecule has 0 aromatic heterocycles. The van der Waals surface area contributed by atoms with Crippen molar-refractivity contribution in [2.45, 2.75) is 65.7 Å². The van der Waals surface area contributed by atoms with Crippen molar-refractivity contribution in [3.8, 4) is 0 Å². The van der Waals surface area contributed by atoms with Crippen LogP contribution in [0.2, 0.25) is 0 Å². The molecule has 0 N–H and O–H groups in total. The van der Waals surface area contributed by atoms with Gasteiger partial charge in [0, 0.05) is 0 Å². The first kappa shape index (κ1) is 16.5. The monoisotopic (exact) mass is 266 g/mol. The van der Waals surface area contributed by atoms with E-state index in [9.17, 15) is 4.39 Å². The second kappa shape index (κ2) is 7.87. The largest absolute Gasteiger partial charge is 0.207 e. The molecule has 2 fully saturated rings. The van der Waals surface area contributed by atoms with E-state index in [-0.39, 0.29) is 5.83 Å². The lowest BCUT2D eigenvalue weighted by Gasteiger charge is -2.18. The molecule has 0 nitrogen and oxygen atoms in total. The first-order chi connectivity index (χ1) is 9.09. The molecule has 0 bridgehead atoms. The van der Waals surface area contributed by atoms with Crippen LogP contribution in [0.3, 0.4) is 0 Å². The third-order valence-corrected chi connectivity index (χ3v) is 5.07. The Labute approximate surface area is 119 Å². The molecule has 2 saturated carbocycles. The molecule has 1 heteroatoms. The molecular weight excluding hydrogens is 235 g/mol. The summed E-state index contributed by atoms with van der Waals surface area (Å²) in [5.41, 5.74) is 0.596. The topological polar surface area (TPSA) is 0 Å². The lowest BCUT2D eigenvalue weighted by molar-refractivity contribution is 0.321. The molecule has 0 spiro atoms. The Morgan fingerprint density at radius 3 is 2.42 bits per heavy atom. The quantitative estimate of drug-likeness (QED) is 0.513. The zero-order valence-corrected chi connectivity index (χ0v) is 13.1. The van der Waals surface area contributed by atoms with Gasteiger partial charge in [-0.3, -0.25) is 0 Å². The minimum Gasteiger partial charge on any atom is -0.207 e. The Morgan fingerprint density at radius 2 is 1.79 bits per heavy atom. The lowest BCUT2D eigenvalue weighted by atomic mass is 9.87. The summed E-state index contributed by atoms with van der Waals surface area (Å²) in [6.45, 7) is 13.5. The number of fused-ring (bicyclic) bond motifs is 1. The summed E-state index contributed by atoms with van der Waals surface area (Å²) in [5, 5.41) is 0. The van der Waals surface area contributed by atoms with Crippen LogP contribution in [0, 0.1) is 23.7 Å². The van der Waals surface area contributed by atoms with E-state index in [4.69, 9.17) is 0 Å². The molecule has 4 atom stereocenters. The van der Waals surface area contributed by atoms with Gasteiger partial charge in [0.15, 0.2) is 0 Å². The molecule has 0 saturated heterocycles. The molecule has 19 heavy (non-hydrogen) atoms. The zero-order chi connectivity index (χ0) is 14.4. The number of hydrogen-bond acceptors (Lipinski definition) is 0. The van der Waals surface area contributed by atoms with Gasteiger partial charge in [0.2, 0.25) is 0 Å². The average molecular weight is 266 g/mol. The van der Waals surface area contributed by atoms with Gasteiger partial charge in [0.1, 0.15) is 5.83 Å². The van der Waals surface area contributed by atoms with Crippen LogP contribution in [0.15, 0.2) is 24.6 Å². The van der Waals surface area contributed by atoms with Crippen LogP contribution in [-0.4, -0.2) is 0 Å². The van der Waals surface area contributed by atoms with E-state index < -0.39 is 0 Å². The molecule has 0 aromatic rings. The molecule has 0 radical (unpaired) electrons. The summed E-state index contributed by atoms with van der Waals surface area (Å²) in [6, 6.07) is 0. The molecule has 110 valence electrons. The van der Waals surface area contributed by atoms with E-state index in [1.54, 1.807) is 0 Å². The Balaban J connectivity index is 0.000000861. The molecule has 0 heterocycles. The summed E-state index contributed by atoms with van der Waals surface area (Å²) >= 11 is 0. The summed E-state index contributed by atoms with van der Waals surface area (Å²) in [4.78, 5) is 0. The van der Waals surface area contributed by atoms with E-state index in [1.165, 1.54) is 32.1 Å². The SMILES string of the molecule is C=C(F)C(=C)CCCC1CC(C)C2CCCC12.CC. The standard InChI is InChI=1S/C16H25F.C2H6/c1-11(13(3)17)6-4-7-14-10-12(2)15-8-5-9-16(14)15;1-2/h12,14-16H,1,3-10H2,2H3;1-2H3. The Kier molecular flexibility index (Phi) is 6.82. The van der Waals surface area contributed by atoms with Crippen LogP contribution >= 0.6 is 0 Å². The summed E-state index contributed by atoms with van der Waals surface area (Å²) in [6.07, 6.45) is 8.87. The van der Waals surface area contributed by atoms with Crippen LogP contribution in [0.1, 0.15) is 65.7 Å². The highest BCUT2D eigenvalue weighted by Gasteiger charge is 2.42.